The molecule has 2 N–H and O–H groups in total. The first-order chi connectivity index (χ1) is 7.33. The third-order valence-corrected chi connectivity index (χ3v) is 2.62. The minimum absolute atomic E-state index is 0.190. The summed E-state index contributed by atoms with van der Waals surface area (Å²) in [5.74, 6) is 0.738. The van der Waals surface area contributed by atoms with Crippen LogP contribution in [0.1, 0.15) is 0 Å². The summed E-state index contributed by atoms with van der Waals surface area (Å²) in [6, 6.07) is 1.94. The van der Waals surface area contributed by atoms with Crippen LogP contribution in [0.4, 0.5) is 5.95 Å². The van der Waals surface area contributed by atoms with Gasteiger partial charge in [-0.3, -0.25) is 0 Å². The molecule has 0 atom stereocenters. The molecule has 3 aromatic rings. The molecule has 0 spiro atoms. The zero-order valence-electron chi connectivity index (χ0n) is 7.54. The van der Waals surface area contributed by atoms with Crippen molar-refractivity contribution in [3.63, 3.8) is 0 Å². The average Bonchev–Trinajstić information content (AvgIpc) is 2.84. The van der Waals surface area contributed by atoms with Gasteiger partial charge in [0.25, 0.3) is 5.71 Å². The molecule has 6 heteroatoms. The van der Waals surface area contributed by atoms with Gasteiger partial charge < -0.3 is 10.2 Å². The Kier molecular flexibility index (Phi) is 1.69. The molecule has 0 aliphatic carbocycles. The van der Waals surface area contributed by atoms with Gasteiger partial charge in [0.15, 0.2) is 0 Å². The number of fused-ring (bicyclic) bond motifs is 1. The molecule has 5 nitrogen and oxygen atoms in total. The molecule has 74 valence electrons. The van der Waals surface area contributed by atoms with E-state index in [0.29, 0.717) is 17.1 Å². The van der Waals surface area contributed by atoms with E-state index in [1.165, 1.54) is 0 Å². The topological polar surface area (TPSA) is 77.8 Å². The summed E-state index contributed by atoms with van der Waals surface area (Å²) < 4.78 is 5.46. The van der Waals surface area contributed by atoms with Crippen LogP contribution in [0.3, 0.4) is 0 Å². The lowest BCUT2D eigenvalue weighted by Crippen LogP contribution is -1.92. The van der Waals surface area contributed by atoms with Crippen molar-refractivity contribution in [2.45, 2.75) is 0 Å². The van der Waals surface area contributed by atoms with Crippen molar-refractivity contribution in [2.75, 3.05) is 5.73 Å². The van der Waals surface area contributed by atoms with Gasteiger partial charge in [-0.1, -0.05) is 0 Å². The Balaban J connectivity index is 2.22. The van der Waals surface area contributed by atoms with Crippen LogP contribution < -0.4 is 5.73 Å². The predicted octanol–water partition coefficient (Wildman–Crippen LogP) is 1.93. The molecule has 0 aliphatic rings. The number of rotatable bonds is 1. The van der Waals surface area contributed by atoms with Gasteiger partial charge in [-0.15, -0.1) is 0 Å². The summed E-state index contributed by atoms with van der Waals surface area (Å²) >= 11 is 1.59. The number of hydrogen-bond donors (Lipinski definition) is 1. The first-order valence-electron chi connectivity index (χ1n) is 4.24. The average molecular weight is 218 g/mol. The van der Waals surface area contributed by atoms with Crippen LogP contribution in [0.25, 0.3) is 22.7 Å². The maximum absolute atomic E-state index is 5.46. The van der Waals surface area contributed by atoms with E-state index in [1.807, 2.05) is 16.8 Å². The van der Waals surface area contributed by atoms with Crippen molar-refractivity contribution >= 4 is 28.5 Å². The molecule has 3 rings (SSSR count). The molecule has 0 unspecified atom stereocenters. The van der Waals surface area contributed by atoms with E-state index < -0.39 is 0 Å². The van der Waals surface area contributed by atoms with E-state index in [1.54, 1.807) is 17.5 Å². The molecule has 0 fully saturated rings. The first-order valence-corrected chi connectivity index (χ1v) is 5.19. The summed E-state index contributed by atoms with van der Waals surface area (Å²) in [6.07, 6.45) is 1.55. The number of hydrogen-bond acceptors (Lipinski definition) is 6. The van der Waals surface area contributed by atoms with Gasteiger partial charge >= 0.3 is 0 Å². The number of anilines is 1. The van der Waals surface area contributed by atoms with Crippen molar-refractivity contribution in [1.29, 1.82) is 0 Å². The highest BCUT2D eigenvalue weighted by molar-refractivity contribution is 7.08. The predicted molar refractivity (Wildman–Crippen MR) is 57.3 cm³/mol. The normalized spacial score (nSPS) is 10.9. The van der Waals surface area contributed by atoms with Crippen LogP contribution in [0, 0.1) is 0 Å². The molecule has 0 bridgehead atoms. The quantitative estimate of drug-likeness (QED) is 0.675. The smallest absolute Gasteiger partial charge is 0.252 e. The standard InChI is InChI=1S/C9H6N4OS/c10-9-11-3-6-8(13-9)14-7(12-6)5-1-2-15-4-5/h1-4H,(H2,10,11,13). The fraction of sp³-hybridized carbons (Fsp3) is 0. The molecule has 0 amide bonds. The maximum Gasteiger partial charge on any atom is 0.252 e. The third-order valence-electron chi connectivity index (χ3n) is 1.94. The highest BCUT2D eigenvalue weighted by Crippen LogP contribution is 2.24. The first kappa shape index (κ1) is 8.37. The lowest BCUT2D eigenvalue weighted by molar-refractivity contribution is 0.608. The van der Waals surface area contributed by atoms with Crippen LogP contribution in [0.5, 0.6) is 0 Å². The number of nitrogens with two attached hydrogens (primary N) is 1. The lowest BCUT2D eigenvalue weighted by Gasteiger charge is -1.86. The van der Waals surface area contributed by atoms with E-state index in [0.717, 1.165) is 5.56 Å². The van der Waals surface area contributed by atoms with E-state index in [-0.39, 0.29) is 5.95 Å². The second-order valence-corrected chi connectivity index (χ2v) is 3.73. The van der Waals surface area contributed by atoms with E-state index >= 15 is 0 Å². The second kappa shape index (κ2) is 3.03. The molecule has 0 radical (unpaired) electrons. The molecule has 3 heterocycles. The Bertz CT molecular complexity index is 602. The van der Waals surface area contributed by atoms with E-state index in [9.17, 15) is 0 Å². The Morgan fingerprint density at radius 1 is 1.33 bits per heavy atom. The van der Waals surface area contributed by atoms with Gasteiger partial charge in [-0.25, -0.2) is 9.97 Å². The van der Waals surface area contributed by atoms with Crippen LogP contribution >= 0.6 is 11.3 Å². The van der Waals surface area contributed by atoms with Crippen molar-refractivity contribution in [3.05, 3.63) is 23.0 Å². The van der Waals surface area contributed by atoms with E-state index in [4.69, 9.17) is 10.2 Å². The largest absolute Gasteiger partial charge is 0.417 e. The van der Waals surface area contributed by atoms with Crippen LogP contribution in [0.2, 0.25) is 0 Å². The molecule has 15 heavy (non-hydrogen) atoms. The summed E-state index contributed by atoms with van der Waals surface area (Å²) in [4.78, 5) is 12.1. The zero-order valence-corrected chi connectivity index (χ0v) is 8.36. The molecule has 0 saturated heterocycles. The minimum atomic E-state index is 0.190. The SMILES string of the molecule is Nc1ncc2nc(-c3ccsc3)oc2n1. The number of nitrogens with zero attached hydrogens (tertiary/aromatic N) is 3. The highest BCUT2D eigenvalue weighted by Gasteiger charge is 2.09. The van der Waals surface area contributed by atoms with Gasteiger partial charge in [0.2, 0.25) is 11.8 Å². The summed E-state index contributed by atoms with van der Waals surface area (Å²) in [5, 5.41) is 3.92. The number of thiophene rings is 1. The Morgan fingerprint density at radius 3 is 3.07 bits per heavy atom. The van der Waals surface area contributed by atoms with Crippen molar-refractivity contribution in [2.24, 2.45) is 0 Å². The molecule has 0 aromatic carbocycles. The molecular weight excluding hydrogens is 212 g/mol. The van der Waals surface area contributed by atoms with Crippen molar-refractivity contribution in [1.82, 2.24) is 15.0 Å². The lowest BCUT2D eigenvalue weighted by atomic mass is 10.3. The van der Waals surface area contributed by atoms with E-state index in [2.05, 4.69) is 15.0 Å². The van der Waals surface area contributed by atoms with Crippen molar-refractivity contribution < 1.29 is 4.42 Å². The van der Waals surface area contributed by atoms with Gasteiger partial charge in [0.05, 0.1) is 6.20 Å². The second-order valence-electron chi connectivity index (χ2n) is 2.95. The van der Waals surface area contributed by atoms with Gasteiger partial charge in [0, 0.05) is 10.9 Å². The van der Waals surface area contributed by atoms with Gasteiger partial charge in [-0.05, 0) is 11.4 Å². The summed E-state index contributed by atoms with van der Waals surface area (Å²) in [6.45, 7) is 0. The van der Waals surface area contributed by atoms with Crippen LogP contribution in [-0.4, -0.2) is 15.0 Å². The monoisotopic (exact) mass is 218 g/mol. The fourth-order valence-electron chi connectivity index (χ4n) is 1.26. The fourth-order valence-corrected chi connectivity index (χ4v) is 1.89. The number of aromatic nitrogens is 3. The zero-order chi connectivity index (χ0) is 10.3. The Labute approximate surface area is 88.6 Å². The third kappa shape index (κ3) is 1.35. The molecule has 3 aromatic heterocycles. The van der Waals surface area contributed by atoms with Crippen LogP contribution in [-0.2, 0) is 0 Å². The molecule has 0 aliphatic heterocycles. The molecule has 0 saturated carbocycles. The van der Waals surface area contributed by atoms with Crippen LogP contribution in [0.15, 0.2) is 27.4 Å². The summed E-state index contributed by atoms with van der Waals surface area (Å²) in [5.41, 5.74) is 7.42. The minimum Gasteiger partial charge on any atom is -0.417 e. The summed E-state index contributed by atoms with van der Waals surface area (Å²) in [7, 11) is 0. The molecular formula is C9H6N4OS. The van der Waals surface area contributed by atoms with Gasteiger partial charge in [0.1, 0.15) is 5.52 Å². The Hall–Kier alpha value is -1.95. The number of nitrogen functional groups attached to an aromatic ring is 1. The van der Waals surface area contributed by atoms with Crippen molar-refractivity contribution in [3.8, 4) is 11.5 Å². The maximum atomic E-state index is 5.46. The highest BCUT2D eigenvalue weighted by atomic mass is 32.1. The number of oxazole rings is 1. The Morgan fingerprint density at radius 2 is 2.27 bits per heavy atom. The van der Waals surface area contributed by atoms with Gasteiger partial charge in [-0.2, -0.15) is 16.3 Å².